The number of nitrogens with zero attached hydrogens (tertiary/aromatic N) is 3. The van der Waals surface area contributed by atoms with Crippen LogP contribution in [0.3, 0.4) is 0 Å². The summed E-state index contributed by atoms with van der Waals surface area (Å²) in [5.74, 6) is 0.911. The molecule has 3 nitrogen and oxygen atoms in total. The minimum Gasteiger partial charge on any atom is -0.668 e. The van der Waals surface area contributed by atoms with Gasteiger partial charge in [0.15, 0.2) is 0 Å². The molecule has 1 rings (SSSR count). The van der Waals surface area contributed by atoms with Crippen molar-refractivity contribution in [3.63, 3.8) is 0 Å². The van der Waals surface area contributed by atoms with Crippen molar-refractivity contribution < 1.29 is 26.2 Å². The van der Waals surface area contributed by atoms with Crippen LogP contribution in [-0.4, -0.2) is 51.7 Å². The molecule has 0 amide bonds. The number of thioether (sulfide) groups is 1. The molecule has 18 heavy (non-hydrogen) atoms. The van der Waals surface area contributed by atoms with E-state index in [4.69, 9.17) is 11.6 Å². The molecular formula is C12H28ClN3SZr. The maximum Gasteiger partial charge on any atom is 4.00 e. The molecule has 0 spiro atoms. The maximum atomic E-state index is 6.05. The Bertz CT molecular complexity index is 132. The van der Waals surface area contributed by atoms with Gasteiger partial charge in [-0.1, -0.05) is 6.42 Å². The van der Waals surface area contributed by atoms with Gasteiger partial charge >= 0.3 is 26.2 Å². The third-order valence-electron chi connectivity index (χ3n) is 1.79. The molecule has 2 atom stereocenters. The second-order valence-corrected chi connectivity index (χ2v) is 5.25. The predicted molar refractivity (Wildman–Crippen MR) is 85.8 cm³/mol. The largest absolute Gasteiger partial charge is 4.00 e. The van der Waals surface area contributed by atoms with Crippen LogP contribution in [-0.2, 0) is 26.2 Å². The number of hydrogen-bond acceptors (Lipinski definition) is 1. The van der Waals surface area contributed by atoms with E-state index in [9.17, 15) is 0 Å². The normalized spacial score (nSPS) is 20.3. The fourth-order valence-corrected chi connectivity index (χ4v) is 2.76. The summed E-state index contributed by atoms with van der Waals surface area (Å²) >= 11 is 7.94. The molecule has 1 aliphatic rings. The zero-order chi connectivity index (χ0) is 12.8. The van der Waals surface area contributed by atoms with Gasteiger partial charge in [0, 0.05) is 10.6 Å². The van der Waals surface area contributed by atoms with Crippen LogP contribution in [0.25, 0.3) is 16.0 Å². The minimum absolute atomic E-state index is 0. The summed E-state index contributed by atoms with van der Waals surface area (Å²) < 4.78 is 0. The molecule has 0 N–H and O–H groups in total. The van der Waals surface area contributed by atoms with Crippen LogP contribution in [0, 0.1) is 7.43 Å². The summed E-state index contributed by atoms with van der Waals surface area (Å²) in [5.41, 5.74) is 0. The van der Waals surface area contributed by atoms with E-state index in [1.165, 1.54) is 19.3 Å². The first-order valence-electron chi connectivity index (χ1n) is 5.44. The smallest absolute Gasteiger partial charge is 0.668 e. The van der Waals surface area contributed by atoms with Crippen LogP contribution in [0.4, 0.5) is 0 Å². The Labute approximate surface area is 143 Å². The molecule has 0 bridgehead atoms. The quantitative estimate of drug-likeness (QED) is 0.530. The van der Waals surface area contributed by atoms with Gasteiger partial charge in [0.05, 0.1) is 0 Å². The van der Waals surface area contributed by atoms with Crippen molar-refractivity contribution in [2.45, 2.75) is 29.9 Å². The van der Waals surface area contributed by atoms with Gasteiger partial charge in [-0.2, -0.15) is 47.0 Å². The first-order valence-corrected chi connectivity index (χ1v) is 6.93. The summed E-state index contributed by atoms with van der Waals surface area (Å²) in [6.07, 6.45) is 3.78. The van der Waals surface area contributed by atoms with E-state index in [0.717, 1.165) is 5.88 Å². The van der Waals surface area contributed by atoms with Gasteiger partial charge in [0.25, 0.3) is 0 Å². The minimum atomic E-state index is 0. The standard InChI is InChI=1S/C7H13ClNS.2C2H6N.CH3.Zr/c1-9-5-10-7-4-2-3-6(7)8;2*1-3-2;;/h6-7H,2-5H2,1H3;2*1-2H3;1H3;/q4*-1;+4. The Morgan fingerprint density at radius 2 is 1.50 bits per heavy atom. The molecule has 1 fully saturated rings. The topological polar surface area (TPSA) is 42.3 Å². The molecule has 0 aliphatic heterocycles. The number of halogens is 1. The van der Waals surface area contributed by atoms with Crippen molar-refractivity contribution in [2.75, 3.05) is 41.1 Å². The second-order valence-electron chi connectivity index (χ2n) is 3.49. The van der Waals surface area contributed by atoms with Crippen molar-refractivity contribution in [1.29, 1.82) is 0 Å². The fourth-order valence-electron chi connectivity index (χ4n) is 1.24. The van der Waals surface area contributed by atoms with Crippen molar-refractivity contribution >= 4 is 23.4 Å². The van der Waals surface area contributed by atoms with E-state index >= 15 is 0 Å². The van der Waals surface area contributed by atoms with Crippen molar-refractivity contribution in [3.05, 3.63) is 23.4 Å². The summed E-state index contributed by atoms with van der Waals surface area (Å²) in [6, 6.07) is 0. The molecule has 2 unspecified atom stereocenters. The van der Waals surface area contributed by atoms with Gasteiger partial charge in [-0.25, -0.2) is 0 Å². The first-order chi connectivity index (χ1) is 7.67. The van der Waals surface area contributed by atoms with Crippen LogP contribution in [0.5, 0.6) is 0 Å². The van der Waals surface area contributed by atoms with E-state index in [1.54, 1.807) is 28.2 Å². The van der Waals surface area contributed by atoms with Crippen LogP contribution < -0.4 is 0 Å². The summed E-state index contributed by atoms with van der Waals surface area (Å²) in [6.45, 7) is 0. The average molecular weight is 373 g/mol. The summed E-state index contributed by atoms with van der Waals surface area (Å²) in [5, 5.41) is 12.1. The van der Waals surface area contributed by atoms with Crippen molar-refractivity contribution in [3.8, 4) is 0 Å². The molecule has 0 saturated heterocycles. The van der Waals surface area contributed by atoms with E-state index in [2.05, 4.69) is 16.0 Å². The monoisotopic (exact) mass is 371 g/mol. The van der Waals surface area contributed by atoms with Gasteiger partial charge in [0.1, 0.15) is 0 Å². The van der Waals surface area contributed by atoms with E-state index in [-0.39, 0.29) is 33.6 Å². The van der Waals surface area contributed by atoms with E-state index in [0.29, 0.717) is 10.6 Å². The molecule has 0 heterocycles. The van der Waals surface area contributed by atoms with E-state index < -0.39 is 0 Å². The molecule has 1 aliphatic carbocycles. The molecule has 0 aromatic carbocycles. The second kappa shape index (κ2) is 23.5. The Balaban J connectivity index is -0.000000106. The Kier molecular flexibility index (Phi) is 36.1. The number of alkyl halides is 1. The van der Waals surface area contributed by atoms with Crippen LogP contribution >= 0.6 is 23.4 Å². The van der Waals surface area contributed by atoms with Gasteiger partial charge in [-0.05, 0) is 12.8 Å². The molecule has 0 aromatic heterocycles. The Morgan fingerprint density at radius 1 is 1.06 bits per heavy atom. The molecule has 0 aromatic rings. The van der Waals surface area contributed by atoms with Crippen LogP contribution in [0.15, 0.2) is 0 Å². The average Bonchev–Trinajstić information content (AvgIpc) is 2.63. The van der Waals surface area contributed by atoms with Crippen LogP contribution in [0.1, 0.15) is 19.3 Å². The predicted octanol–water partition coefficient (Wildman–Crippen LogP) is 4.53. The van der Waals surface area contributed by atoms with Crippen molar-refractivity contribution in [1.82, 2.24) is 0 Å². The van der Waals surface area contributed by atoms with Gasteiger partial charge in [0.2, 0.25) is 0 Å². The summed E-state index contributed by atoms with van der Waals surface area (Å²) in [4.78, 5) is 0. The molecular weight excluding hydrogens is 345 g/mol. The molecule has 108 valence electrons. The zero-order valence-corrected chi connectivity index (χ0v) is 16.6. The zero-order valence-electron chi connectivity index (χ0n) is 12.6. The molecule has 0 radical (unpaired) electrons. The molecule has 1 saturated carbocycles. The maximum absolute atomic E-state index is 6.05. The molecule has 6 heteroatoms. The number of rotatable bonds is 3. The van der Waals surface area contributed by atoms with E-state index in [1.807, 2.05) is 18.8 Å². The van der Waals surface area contributed by atoms with Crippen LogP contribution in [0.2, 0.25) is 0 Å². The van der Waals surface area contributed by atoms with Crippen molar-refractivity contribution in [2.24, 2.45) is 0 Å². The van der Waals surface area contributed by atoms with Gasteiger partial charge in [-0.3, -0.25) is 0 Å². The third-order valence-corrected chi connectivity index (χ3v) is 3.86. The van der Waals surface area contributed by atoms with Gasteiger partial charge < -0.3 is 23.4 Å². The fraction of sp³-hybridized carbons (Fsp3) is 0.917. The SMILES string of the molecule is C[N-]C.C[N-]C.C[N-]CSC1CCCC1Cl.[CH3-].[Zr+4]. The first kappa shape index (κ1) is 27.7. The van der Waals surface area contributed by atoms with Gasteiger partial charge in [-0.15, -0.1) is 17.5 Å². The third kappa shape index (κ3) is 19.7. The number of hydrogen-bond donors (Lipinski definition) is 0. The Morgan fingerprint density at radius 3 is 1.78 bits per heavy atom. The Hall–Kier alpha value is 1.40. The summed E-state index contributed by atoms with van der Waals surface area (Å²) in [7, 11) is 8.85.